The van der Waals surface area contributed by atoms with E-state index in [1.54, 1.807) is 0 Å². The lowest BCUT2D eigenvalue weighted by atomic mass is 9.94. The summed E-state index contributed by atoms with van der Waals surface area (Å²) in [5.74, 6) is 0. The van der Waals surface area contributed by atoms with Crippen LogP contribution in [0, 0.1) is 0 Å². The number of hydrogen-bond donors (Lipinski definition) is 0. The molecule has 0 aromatic heterocycles. The van der Waals surface area contributed by atoms with E-state index in [-0.39, 0.29) is 0 Å². The topological polar surface area (TPSA) is 9.23 Å². The van der Waals surface area contributed by atoms with E-state index in [2.05, 4.69) is 48.5 Å². The van der Waals surface area contributed by atoms with Crippen LogP contribution in [0.2, 0.25) is 0 Å². The van der Waals surface area contributed by atoms with E-state index in [1.165, 1.54) is 22.3 Å². The first-order valence-corrected chi connectivity index (χ1v) is 5.90. The smallest absolute Gasteiger partial charge is 0.0915 e. The Hall–Kier alpha value is -2.02. The molecule has 84 valence electrons. The lowest BCUT2D eigenvalue weighted by Gasteiger charge is -2.09. The van der Waals surface area contributed by atoms with Crippen molar-refractivity contribution in [1.82, 2.24) is 0 Å². The zero-order valence-corrected chi connectivity index (χ0v) is 9.60. The fourth-order valence-corrected chi connectivity index (χ4v) is 2.22. The van der Waals surface area contributed by atoms with Crippen molar-refractivity contribution >= 4 is 5.57 Å². The van der Waals surface area contributed by atoms with Crippen molar-refractivity contribution in [3.05, 3.63) is 66.4 Å². The molecule has 0 amide bonds. The van der Waals surface area contributed by atoms with E-state index < -0.39 is 0 Å². The molecule has 0 bridgehead atoms. The summed E-state index contributed by atoms with van der Waals surface area (Å²) in [5.41, 5.74) is 5.13. The fraction of sp³-hybridized carbons (Fsp3) is 0.125. The Balaban J connectivity index is 2.11. The van der Waals surface area contributed by atoms with Gasteiger partial charge in [0.25, 0.3) is 0 Å². The van der Waals surface area contributed by atoms with Crippen LogP contribution in [0.15, 0.2) is 60.9 Å². The van der Waals surface area contributed by atoms with Crippen molar-refractivity contribution in [2.75, 3.05) is 6.61 Å². The quantitative estimate of drug-likeness (QED) is 0.742. The molecule has 0 N–H and O–H groups in total. The van der Waals surface area contributed by atoms with Crippen molar-refractivity contribution in [3.63, 3.8) is 0 Å². The van der Waals surface area contributed by atoms with Gasteiger partial charge in [0.1, 0.15) is 0 Å². The maximum Gasteiger partial charge on any atom is 0.0915 e. The highest BCUT2D eigenvalue weighted by molar-refractivity contribution is 5.81. The summed E-state index contributed by atoms with van der Waals surface area (Å²) in [7, 11) is 0. The molecule has 17 heavy (non-hydrogen) atoms. The van der Waals surface area contributed by atoms with Crippen LogP contribution in [0.4, 0.5) is 0 Å². The van der Waals surface area contributed by atoms with Gasteiger partial charge in [-0.05, 0) is 22.3 Å². The molecule has 2 aromatic rings. The Morgan fingerprint density at radius 3 is 2.18 bits per heavy atom. The van der Waals surface area contributed by atoms with Crippen LogP contribution in [0.25, 0.3) is 16.7 Å². The van der Waals surface area contributed by atoms with Crippen molar-refractivity contribution in [2.24, 2.45) is 0 Å². The van der Waals surface area contributed by atoms with Crippen molar-refractivity contribution in [1.29, 1.82) is 0 Å². The summed E-state index contributed by atoms with van der Waals surface area (Å²) in [6.45, 7) is 0.804. The van der Waals surface area contributed by atoms with Gasteiger partial charge < -0.3 is 4.74 Å². The average Bonchev–Trinajstić information content (AvgIpc) is 2.94. The minimum absolute atomic E-state index is 0.804. The van der Waals surface area contributed by atoms with Crippen molar-refractivity contribution in [2.45, 2.75) is 6.42 Å². The predicted molar refractivity (Wildman–Crippen MR) is 70.4 cm³/mol. The lowest BCUT2D eigenvalue weighted by molar-refractivity contribution is 0.281. The molecular formula is C16H14O. The van der Waals surface area contributed by atoms with Crippen LogP contribution in [0.3, 0.4) is 0 Å². The highest BCUT2D eigenvalue weighted by Gasteiger charge is 2.12. The molecule has 1 aliphatic heterocycles. The minimum atomic E-state index is 0.804. The molecule has 0 spiro atoms. The fourth-order valence-electron chi connectivity index (χ4n) is 2.22. The van der Waals surface area contributed by atoms with Gasteiger partial charge in [-0.1, -0.05) is 54.6 Å². The third kappa shape index (κ3) is 1.96. The monoisotopic (exact) mass is 222 g/mol. The van der Waals surface area contributed by atoms with Crippen LogP contribution >= 0.6 is 0 Å². The highest BCUT2D eigenvalue weighted by Crippen LogP contribution is 2.32. The minimum Gasteiger partial charge on any atom is -0.501 e. The highest BCUT2D eigenvalue weighted by atomic mass is 16.5. The van der Waals surface area contributed by atoms with Crippen molar-refractivity contribution in [3.8, 4) is 11.1 Å². The zero-order chi connectivity index (χ0) is 11.5. The number of ether oxygens (including phenoxy) is 1. The molecule has 1 heterocycles. The maximum atomic E-state index is 5.34. The molecule has 0 aliphatic carbocycles. The van der Waals surface area contributed by atoms with E-state index in [4.69, 9.17) is 4.74 Å². The molecule has 0 atom stereocenters. The van der Waals surface area contributed by atoms with Crippen LogP contribution < -0.4 is 0 Å². The summed E-state index contributed by atoms with van der Waals surface area (Å²) in [6, 6.07) is 19.0. The molecular weight excluding hydrogens is 208 g/mol. The van der Waals surface area contributed by atoms with E-state index in [9.17, 15) is 0 Å². The van der Waals surface area contributed by atoms with Crippen LogP contribution in [0.5, 0.6) is 0 Å². The summed E-state index contributed by atoms with van der Waals surface area (Å²) in [6.07, 6.45) is 2.89. The molecule has 1 nitrogen and oxygen atoms in total. The molecule has 0 saturated heterocycles. The second-order valence-electron chi connectivity index (χ2n) is 4.18. The largest absolute Gasteiger partial charge is 0.501 e. The van der Waals surface area contributed by atoms with Gasteiger partial charge in [-0.25, -0.2) is 0 Å². The Labute approximate surface area is 101 Å². The van der Waals surface area contributed by atoms with Gasteiger partial charge in [-0.2, -0.15) is 0 Å². The van der Waals surface area contributed by atoms with E-state index in [0.717, 1.165) is 13.0 Å². The van der Waals surface area contributed by atoms with E-state index >= 15 is 0 Å². The molecule has 3 rings (SSSR count). The molecule has 1 aliphatic rings. The predicted octanol–water partition coefficient (Wildman–Crippen LogP) is 4.11. The third-order valence-corrected chi connectivity index (χ3v) is 3.07. The van der Waals surface area contributed by atoms with Gasteiger partial charge >= 0.3 is 0 Å². The number of hydrogen-bond acceptors (Lipinski definition) is 1. The van der Waals surface area contributed by atoms with E-state index in [1.807, 2.05) is 12.3 Å². The summed E-state index contributed by atoms with van der Waals surface area (Å²) < 4.78 is 5.34. The second kappa shape index (κ2) is 4.46. The van der Waals surface area contributed by atoms with Gasteiger partial charge in [0.05, 0.1) is 12.9 Å². The van der Waals surface area contributed by atoms with Gasteiger partial charge in [0.15, 0.2) is 0 Å². The normalized spacial score (nSPS) is 14.2. The molecule has 0 fully saturated rings. The maximum absolute atomic E-state index is 5.34. The first-order valence-electron chi connectivity index (χ1n) is 5.90. The number of rotatable bonds is 2. The van der Waals surface area contributed by atoms with Gasteiger partial charge in [-0.3, -0.25) is 0 Å². The summed E-state index contributed by atoms with van der Waals surface area (Å²) in [4.78, 5) is 0. The molecule has 2 aromatic carbocycles. The number of benzene rings is 2. The Morgan fingerprint density at radius 2 is 1.47 bits per heavy atom. The van der Waals surface area contributed by atoms with Crippen LogP contribution in [-0.4, -0.2) is 6.61 Å². The Kier molecular flexibility index (Phi) is 2.66. The molecule has 0 unspecified atom stereocenters. The Morgan fingerprint density at radius 1 is 0.765 bits per heavy atom. The van der Waals surface area contributed by atoms with Crippen LogP contribution in [0.1, 0.15) is 12.0 Å². The van der Waals surface area contributed by atoms with Crippen molar-refractivity contribution < 1.29 is 4.74 Å². The molecule has 0 radical (unpaired) electrons. The van der Waals surface area contributed by atoms with E-state index in [0.29, 0.717) is 0 Å². The van der Waals surface area contributed by atoms with Crippen LogP contribution in [-0.2, 0) is 4.74 Å². The SMILES string of the molecule is C1=C(c2ccccc2-c2ccccc2)CCO1. The zero-order valence-electron chi connectivity index (χ0n) is 9.60. The first kappa shape index (κ1) is 10.2. The van der Waals surface area contributed by atoms with Gasteiger partial charge in [0, 0.05) is 6.42 Å². The molecule has 0 saturated carbocycles. The second-order valence-corrected chi connectivity index (χ2v) is 4.18. The Bertz CT molecular complexity index is 540. The average molecular weight is 222 g/mol. The summed E-state index contributed by atoms with van der Waals surface area (Å²) in [5, 5.41) is 0. The summed E-state index contributed by atoms with van der Waals surface area (Å²) >= 11 is 0. The standard InChI is InChI=1S/C16H14O/c1-2-6-13(7-3-1)15-8-4-5-9-16(15)14-10-11-17-12-14/h1-9,12H,10-11H2. The first-order chi connectivity index (χ1) is 8.45. The molecule has 1 heteroatoms. The third-order valence-electron chi connectivity index (χ3n) is 3.07. The lowest BCUT2D eigenvalue weighted by Crippen LogP contribution is -1.88. The van der Waals surface area contributed by atoms with Gasteiger partial charge in [0.2, 0.25) is 0 Å². The van der Waals surface area contributed by atoms with Gasteiger partial charge in [-0.15, -0.1) is 0 Å².